The molecule has 10 atom stereocenters. The third-order valence-electron chi connectivity index (χ3n) is 7.30. The van der Waals surface area contributed by atoms with E-state index in [2.05, 4.69) is 29.9 Å². The van der Waals surface area contributed by atoms with Gasteiger partial charge in [-0.2, -0.15) is 4.98 Å². The van der Waals surface area contributed by atoms with Crippen molar-refractivity contribution in [3.8, 4) is 0 Å². The van der Waals surface area contributed by atoms with Crippen LogP contribution in [0.2, 0.25) is 0 Å². The summed E-state index contributed by atoms with van der Waals surface area (Å²) >= 11 is 0. The number of nitrogens with zero attached hydrogens (tertiary/aromatic N) is 7. The van der Waals surface area contributed by atoms with Crippen molar-refractivity contribution in [2.75, 3.05) is 31.8 Å². The van der Waals surface area contributed by atoms with Crippen molar-refractivity contribution >= 4 is 50.2 Å². The molecule has 2 fully saturated rings. The van der Waals surface area contributed by atoms with Gasteiger partial charge in [0.1, 0.15) is 42.4 Å². The van der Waals surface area contributed by atoms with Gasteiger partial charge in [0.2, 0.25) is 5.95 Å². The number of aliphatic hydroxyl groups excluding tert-OH is 2. The van der Waals surface area contributed by atoms with Crippen LogP contribution >= 0.6 is 16.1 Å². The van der Waals surface area contributed by atoms with Crippen LogP contribution in [0.4, 0.5) is 11.8 Å². The van der Waals surface area contributed by atoms with Gasteiger partial charge in [-0.05, 0) is 0 Å². The molecule has 4 aromatic heterocycles. The third kappa shape index (κ3) is 5.88. The number of nitrogens with two attached hydrogens (primary N) is 2. The number of aliphatic hydroxyl groups is 2. The Morgan fingerprint density at radius 3 is 2.43 bits per heavy atom. The second kappa shape index (κ2) is 12.6. The van der Waals surface area contributed by atoms with Crippen LogP contribution in [0.1, 0.15) is 12.5 Å². The van der Waals surface area contributed by atoms with Gasteiger partial charge in [-0.25, -0.2) is 24.5 Å². The molecule has 9 N–H and O–H groups in total. The van der Waals surface area contributed by atoms with Crippen LogP contribution in [0.15, 0.2) is 23.8 Å². The van der Waals surface area contributed by atoms with Crippen molar-refractivity contribution in [1.82, 2.24) is 39.0 Å². The fraction of sp³-hybridized carbons (Fsp3) is 0.524. The Balaban J connectivity index is 1.24. The quantitative estimate of drug-likeness (QED) is 0.0823. The minimum absolute atomic E-state index is 0.0439. The molecular weight excluding hydrogens is 662 g/mol. The highest BCUT2D eigenvalue weighted by Gasteiger charge is 2.53. The van der Waals surface area contributed by atoms with Gasteiger partial charge in [-0.1, -0.05) is 0 Å². The maximum Gasteiger partial charge on any atom is 0.695 e. The average Bonchev–Trinajstić information content (AvgIpc) is 3.76. The average molecular weight is 689 g/mol. The summed E-state index contributed by atoms with van der Waals surface area (Å²) in [5, 5.41) is 20.9. The number of phosphoric acid groups is 1. The number of nitrogen functional groups attached to an aromatic ring is 2. The Morgan fingerprint density at radius 1 is 1.04 bits per heavy atom. The SMILES string of the molecule is CO[C@H]1[C@@H](OP(=O)(O)OC[C@H]2O[C@@H](n3cnc4c(N)ncnc43)[C@H](O)[C@@H]2O[P+](=O)O)[C@H](n2cnc3c(=O)[nH]c(N)nc32)O[C@@H]1CO. The van der Waals surface area contributed by atoms with E-state index in [9.17, 15) is 33.9 Å². The number of hydrogen-bond donors (Lipinski definition) is 7. The summed E-state index contributed by atoms with van der Waals surface area (Å²) in [6.07, 6.45) is -7.39. The maximum absolute atomic E-state index is 13.3. The van der Waals surface area contributed by atoms with Crippen LogP contribution in [0.5, 0.6) is 0 Å². The molecule has 46 heavy (non-hydrogen) atoms. The fourth-order valence-electron chi connectivity index (χ4n) is 5.33. The van der Waals surface area contributed by atoms with Gasteiger partial charge in [-0.15, -0.1) is 9.42 Å². The smallest absolute Gasteiger partial charge is 0.394 e. The molecule has 0 bridgehead atoms. The van der Waals surface area contributed by atoms with Gasteiger partial charge in [0.05, 0.1) is 25.9 Å². The molecule has 2 aliphatic rings. The number of phosphoric ester groups is 1. The van der Waals surface area contributed by atoms with Crippen LogP contribution in [-0.2, 0) is 36.9 Å². The Kier molecular flexibility index (Phi) is 8.84. The number of hydrogen-bond acceptors (Lipinski definition) is 18. The molecule has 4 aromatic rings. The number of aromatic amines is 1. The van der Waals surface area contributed by atoms with Gasteiger partial charge in [0.25, 0.3) is 5.56 Å². The third-order valence-corrected chi connectivity index (χ3v) is 8.71. The largest absolute Gasteiger partial charge is 0.695 e. The van der Waals surface area contributed by atoms with E-state index >= 15 is 0 Å². The molecule has 2 aliphatic heterocycles. The first-order valence-corrected chi connectivity index (χ1v) is 15.8. The van der Waals surface area contributed by atoms with E-state index in [1.165, 1.54) is 22.6 Å². The molecule has 2 unspecified atom stereocenters. The van der Waals surface area contributed by atoms with Crippen molar-refractivity contribution in [3.05, 3.63) is 29.3 Å². The number of H-pyrrole nitrogens is 1. The van der Waals surface area contributed by atoms with Gasteiger partial charge >= 0.3 is 16.1 Å². The monoisotopic (exact) mass is 689 g/mol. The number of ether oxygens (including phenoxy) is 3. The van der Waals surface area contributed by atoms with E-state index in [1.54, 1.807) is 0 Å². The zero-order valence-electron chi connectivity index (χ0n) is 23.4. The summed E-state index contributed by atoms with van der Waals surface area (Å²) in [7, 11) is -7.13. The Morgan fingerprint density at radius 2 is 1.74 bits per heavy atom. The van der Waals surface area contributed by atoms with E-state index in [0.717, 1.165) is 12.7 Å². The van der Waals surface area contributed by atoms with Crippen molar-refractivity contribution in [2.45, 2.75) is 49.1 Å². The Labute approximate surface area is 256 Å². The first-order valence-electron chi connectivity index (χ1n) is 13.2. The molecular formula is C21H27N10O13P2+. The van der Waals surface area contributed by atoms with Crippen LogP contribution in [-0.4, -0.2) is 116 Å². The van der Waals surface area contributed by atoms with E-state index < -0.39 is 83.9 Å². The molecule has 0 radical (unpaired) electrons. The fourth-order valence-corrected chi connectivity index (χ4v) is 6.73. The summed E-state index contributed by atoms with van der Waals surface area (Å²) in [6, 6.07) is 0. The lowest BCUT2D eigenvalue weighted by Gasteiger charge is -2.26. The second-order valence-corrected chi connectivity index (χ2v) is 12.1. The lowest BCUT2D eigenvalue weighted by atomic mass is 10.1. The lowest BCUT2D eigenvalue weighted by Crippen LogP contribution is -2.37. The predicted molar refractivity (Wildman–Crippen MR) is 149 cm³/mol. The van der Waals surface area contributed by atoms with E-state index in [1.807, 2.05) is 0 Å². The van der Waals surface area contributed by atoms with E-state index in [-0.39, 0.29) is 34.1 Å². The zero-order valence-corrected chi connectivity index (χ0v) is 25.2. The molecule has 6 rings (SSSR count). The maximum atomic E-state index is 13.3. The number of anilines is 2. The standard InChI is InChI=1S/C21H26N10O13P2/c1-39-13-7(2-32)41-20(31-6-27-10-17(31)28-21(23)29-18(10)34)14(13)44-46(37,38)40-3-8-12(43-45(35)36)11(33)19(42-8)30-5-26-9-15(22)24-4-25-16(9)30/h4-8,11-14,19-20,32-33H,2-3H2,1H3,(H6-,22,23,24,25,28,29,34,35,36,37,38)/p+1/t7-,8-,11-,12-,13-,14-,19-,20-/m1/s1. The van der Waals surface area contributed by atoms with Gasteiger partial charge in [0.15, 0.2) is 41.2 Å². The first kappa shape index (κ1) is 32.4. The van der Waals surface area contributed by atoms with Gasteiger partial charge in [-0.3, -0.25) is 28.0 Å². The van der Waals surface area contributed by atoms with Gasteiger partial charge < -0.3 is 40.8 Å². The molecule has 248 valence electrons. The minimum Gasteiger partial charge on any atom is -0.394 e. The highest BCUT2D eigenvalue weighted by atomic mass is 31.2. The molecule has 0 aromatic carbocycles. The normalized spacial score (nSPS) is 29.9. The zero-order chi connectivity index (χ0) is 32.9. The first-order chi connectivity index (χ1) is 21.9. The van der Waals surface area contributed by atoms with Crippen LogP contribution in [0.3, 0.4) is 0 Å². The molecule has 0 saturated carbocycles. The van der Waals surface area contributed by atoms with Gasteiger partial charge in [0, 0.05) is 11.7 Å². The van der Waals surface area contributed by atoms with Crippen molar-refractivity contribution in [3.63, 3.8) is 0 Å². The predicted octanol–water partition coefficient (Wildman–Crippen LogP) is -2.18. The van der Waals surface area contributed by atoms with E-state index in [0.29, 0.717) is 0 Å². The summed E-state index contributed by atoms with van der Waals surface area (Å²) in [5.41, 5.74) is 11.0. The number of nitrogens with one attached hydrogen (secondary N) is 1. The highest BCUT2D eigenvalue weighted by Crippen LogP contribution is 2.51. The molecule has 0 aliphatic carbocycles. The molecule has 0 amide bonds. The molecule has 0 spiro atoms. The highest BCUT2D eigenvalue weighted by molar-refractivity contribution is 7.47. The van der Waals surface area contributed by atoms with Crippen LogP contribution in [0.25, 0.3) is 22.3 Å². The number of aromatic nitrogens is 8. The Hall–Kier alpha value is -3.57. The summed E-state index contributed by atoms with van der Waals surface area (Å²) in [6.45, 7) is -1.40. The van der Waals surface area contributed by atoms with Crippen LogP contribution in [0, 0.1) is 0 Å². The van der Waals surface area contributed by atoms with Crippen molar-refractivity contribution < 1.29 is 56.9 Å². The molecule has 23 nitrogen and oxygen atoms in total. The lowest BCUT2D eigenvalue weighted by molar-refractivity contribution is -0.0609. The minimum atomic E-state index is -5.10. The summed E-state index contributed by atoms with van der Waals surface area (Å²) < 4.78 is 60.1. The topological polar surface area (TPSA) is 330 Å². The summed E-state index contributed by atoms with van der Waals surface area (Å²) in [5.74, 6) is -0.201. The van der Waals surface area contributed by atoms with E-state index in [4.69, 9.17) is 39.2 Å². The molecule has 25 heteroatoms. The van der Waals surface area contributed by atoms with Crippen molar-refractivity contribution in [2.24, 2.45) is 0 Å². The van der Waals surface area contributed by atoms with Crippen molar-refractivity contribution in [1.29, 1.82) is 0 Å². The molecule has 2 saturated heterocycles. The number of imidazole rings is 2. The second-order valence-electron chi connectivity index (χ2n) is 10.0. The van der Waals surface area contributed by atoms with Crippen LogP contribution < -0.4 is 17.0 Å². The number of rotatable bonds is 11. The number of fused-ring (bicyclic) bond motifs is 2. The molecule has 6 heterocycles. The summed E-state index contributed by atoms with van der Waals surface area (Å²) in [4.78, 5) is 54.9. The Bertz CT molecular complexity index is 1870. The number of methoxy groups -OCH3 is 1.